The maximum atomic E-state index is 14.4. The molecular formula is C35H58N4O7. The SMILES string of the molecule is CC(C)(COC(C)(C)C(C)(C)C)OC(=O)NC(C(=O)N1CC2C(C1C(=O)NC(CC1CC1)C(=O)C(N)=O)C2(C)C)C1CCCCC1. The fraction of sp³-hybridized carbons (Fsp3) is 0.857. The molecule has 5 atom stereocenters. The minimum Gasteiger partial charge on any atom is -0.441 e. The molecule has 1 saturated heterocycles. The molecule has 4 fully saturated rings. The fourth-order valence-corrected chi connectivity index (χ4v) is 7.20. The van der Waals surface area contributed by atoms with Crippen LogP contribution >= 0.6 is 0 Å². The molecule has 3 saturated carbocycles. The Kier molecular flexibility index (Phi) is 10.3. The number of carbonyl (C=O) groups is 5. The van der Waals surface area contributed by atoms with Gasteiger partial charge in [-0.1, -0.05) is 66.7 Å². The summed E-state index contributed by atoms with van der Waals surface area (Å²) in [6, 6.07) is -2.69. The second-order valence-electron chi connectivity index (χ2n) is 17.1. The van der Waals surface area contributed by atoms with Crippen LogP contribution in [0, 0.1) is 34.5 Å². The number of fused-ring (bicyclic) bond motifs is 1. The molecule has 4 aliphatic rings. The Balaban J connectivity index is 1.51. The lowest BCUT2D eigenvalue weighted by atomic mass is 9.79. The summed E-state index contributed by atoms with van der Waals surface area (Å²) in [4.78, 5) is 67.8. The number of ether oxygens (including phenoxy) is 2. The molecule has 0 bridgehead atoms. The minimum absolute atomic E-state index is 0.0945. The third-order valence-electron chi connectivity index (χ3n) is 11.5. The molecule has 1 heterocycles. The normalized spacial score (nSPS) is 26.0. The van der Waals surface area contributed by atoms with E-state index in [4.69, 9.17) is 15.2 Å². The van der Waals surface area contributed by atoms with E-state index in [-0.39, 0.29) is 47.0 Å². The molecule has 0 aromatic rings. The highest BCUT2D eigenvalue weighted by molar-refractivity contribution is 6.37. The number of alkyl carbamates (subject to hydrolysis) is 1. The summed E-state index contributed by atoms with van der Waals surface area (Å²) in [6.07, 6.45) is 6.06. The van der Waals surface area contributed by atoms with E-state index in [1.807, 2.05) is 13.8 Å². The van der Waals surface area contributed by atoms with Gasteiger partial charge < -0.3 is 30.7 Å². The standard InChI is InChI=1S/C35H58N4O7/c1-32(2,3)35(8,9)45-19-33(4,5)46-31(44)38-25(21-13-11-10-12-14-21)30(43)39-18-22-24(34(22,6)7)26(39)29(42)37-23(17-20-15-16-20)27(40)28(36)41/h20-26H,10-19H2,1-9H3,(H2,36,41)(H,37,42)(H,38,44). The van der Waals surface area contributed by atoms with Crippen molar-refractivity contribution in [1.29, 1.82) is 0 Å². The Labute approximate surface area is 274 Å². The first-order chi connectivity index (χ1) is 21.2. The maximum Gasteiger partial charge on any atom is 0.408 e. The van der Waals surface area contributed by atoms with Crippen LogP contribution in [0.15, 0.2) is 0 Å². The number of amides is 4. The van der Waals surface area contributed by atoms with Crippen molar-refractivity contribution in [3.63, 3.8) is 0 Å². The molecule has 4 amide bonds. The Bertz CT molecular complexity index is 1200. The molecule has 11 nitrogen and oxygen atoms in total. The highest BCUT2D eigenvalue weighted by Crippen LogP contribution is 2.65. The van der Waals surface area contributed by atoms with E-state index in [9.17, 15) is 24.0 Å². The van der Waals surface area contributed by atoms with Crippen molar-refractivity contribution >= 4 is 29.6 Å². The molecule has 0 spiro atoms. The van der Waals surface area contributed by atoms with E-state index in [0.29, 0.717) is 13.0 Å². The second-order valence-corrected chi connectivity index (χ2v) is 17.1. The van der Waals surface area contributed by atoms with E-state index in [1.54, 1.807) is 18.7 Å². The van der Waals surface area contributed by atoms with E-state index in [1.165, 1.54) is 0 Å². The molecule has 0 aromatic heterocycles. The van der Waals surface area contributed by atoms with Gasteiger partial charge in [0.1, 0.15) is 17.7 Å². The minimum atomic E-state index is -1.08. The maximum absolute atomic E-state index is 14.4. The van der Waals surface area contributed by atoms with Crippen LogP contribution in [0.4, 0.5) is 4.79 Å². The molecular weight excluding hydrogens is 588 g/mol. The second kappa shape index (κ2) is 13.1. The molecule has 4 N–H and O–H groups in total. The number of nitrogens with zero attached hydrogens (tertiary/aromatic N) is 1. The first-order valence-electron chi connectivity index (χ1n) is 17.2. The topological polar surface area (TPSA) is 157 Å². The van der Waals surface area contributed by atoms with Gasteiger partial charge in [-0.25, -0.2) is 4.79 Å². The van der Waals surface area contributed by atoms with E-state index >= 15 is 0 Å². The van der Waals surface area contributed by atoms with Gasteiger partial charge in [0.2, 0.25) is 17.6 Å². The summed E-state index contributed by atoms with van der Waals surface area (Å²) in [5.41, 5.74) is 3.60. The summed E-state index contributed by atoms with van der Waals surface area (Å²) in [5, 5.41) is 5.72. The van der Waals surface area contributed by atoms with Crippen LogP contribution in [0.3, 0.4) is 0 Å². The number of likely N-dealkylation sites (tertiary alicyclic amines) is 1. The van der Waals surface area contributed by atoms with E-state index in [2.05, 4.69) is 45.3 Å². The molecule has 1 aliphatic heterocycles. The molecule has 0 aromatic carbocycles. The summed E-state index contributed by atoms with van der Waals surface area (Å²) < 4.78 is 12.1. The zero-order chi connectivity index (χ0) is 34.4. The highest BCUT2D eigenvalue weighted by atomic mass is 16.6. The summed E-state index contributed by atoms with van der Waals surface area (Å²) in [6.45, 7) is 18.6. The van der Waals surface area contributed by atoms with Crippen LogP contribution in [0.5, 0.6) is 0 Å². The number of ketones is 1. The van der Waals surface area contributed by atoms with Crippen LogP contribution in [-0.4, -0.2) is 77.0 Å². The molecule has 260 valence electrons. The molecule has 4 rings (SSSR count). The van der Waals surface area contributed by atoms with Crippen molar-refractivity contribution in [1.82, 2.24) is 15.5 Å². The lowest BCUT2D eigenvalue weighted by Crippen LogP contribution is -2.60. The Morgan fingerprint density at radius 1 is 0.913 bits per heavy atom. The number of rotatable bonds is 13. The average Bonchev–Trinajstić information content (AvgIpc) is 3.81. The number of hydrogen-bond donors (Lipinski definition) is 3. The van der Waals surface area contributed by atoms with Crippen molar-refractivity contribution in [3.8, 4) is 0 Å². The van der Waals surface area contributed by atoms with Gasteiger partial charge in [0, 0.05) is 6.54 Å². The quantitative estimate of drug-likeness (QED) is 0.254. The fourth-order valence-electron chi connectivity index (χ4n) is 7.20. The Morgan fingerprint density at radius 3 is 2.07 bits per heavy atom. The van der Waals surface area contributed by atoms with Gasteiger partial charge in [-0.05, 0) is 81.5 Å². The van der Waals surface area contributed by atoms with E-state index in [0.717, 1.165) is 44.9 Å². The number of nitrogens with one attached hydrogen (secondary N) is 2. The van der Waals surface area contributed by atoms with Crippen LogP contribution < -0.4 is 16.4 Å². The predicted molar refractivity (Wildman–Crippen MR) is 173 cm³/mol. The highest BCUT2D eigenvalue weighted by Gasteiger charge is 2.69. The monoisotopic (exact) mass is 646 g/mol. The number of primary amides is 1. The predicted octanol–water partition coefficient (Wildman–Crippen LogP) is 4.10. The molecule has 0 radical (unpaired) electrons. The van der Waals surface area contributed by atoms with Gasteiger partial charge in [0.25, 0.3) is 5.91 Å². The van der Waals surface area contributed by atoms with Crippen molar-refractivity contribution in [2.75, 3.05) is 13.2 Å². The molecule has 46 heavy (non-hydrogen) atoms. The average molecular weight is 647 g/mol. The van der Waals surface area contributed by atoms with Crippen LogP contribution in [0.25, 0.3) is 0 Å². The number of carbonyl (C=O) groups excluding carboxylic acids is 5. The zero-order valence-electron chi connectivity index (χ0n) is 29.5. The summed E-state index contributed by atoms with van der Waals surface area (Å²) >= 11 is 0. The number of hydrogen-bond acceptors (Lipinski definition) is 7. The summed E-state index contributed by atoms with van der Waals surface area (Å²) in [7, 11) is 0. The van der Waals surface area contributed by atoms with Gasteiger partial charge in [-0.2, -0.15) is 0 Å². The first-order valence-corrected chi connectivity index (χ1v) is 17.2. The van der Waals surface area contributed by atoms with Crippen LogP contribution in [0.2, 0.25) is 0 Å². The van der Waals surface area contributed by atoms with Gasteiger partial charge in [0.15, 0.2) is 0 Å². The molecule has 11 heteroatoms. The van der Waals surface area contributed by atoms with Crippen molar-refractivity contribution in [3.05, 3.63) is 0 Å². The third kappa shape index (κ3) is 8.05. The smallest absolute Gasteiger partial charge is 0.408 e. The summed E-state index contributed by atoms with van der Waals surface area (Å²) in [5.74, 6) is -2.47. The number of piperidine rings is 1. The largest absolute Gasteiger partial charge is 0.441 e. The van der Waals surface area contributed by atoms with Crippen molar-refractivity contribution < 1.29 is 33.4 Å². The van der Waals surface area contributed by atoms with Gasteiger partial charge in [0.05, 0.1) is 18.2 Å². The zero-order valence-corrected chi connectivity index (χ0v) is 29.5. The van der Waals surface area contributed by atoms with Gasteiger partial charge >= 0.3 is 6.09 Å². The number of Topliss-reactive ketones (excluding diaryl/α,β-unsaturated/α-hetero) is 1. The third-order valence-corrected chi connectivity index (χ3v) is 11.5. The first kappa shape index (κ1) is 36.2. The molecule has 5 unspecified atom stereocenters. The van der Waals surface area contributed by atoms with Crippen LogP contribution in [-0.2, 0) is 28.7 Å². The van der Waals surface area contributed by atoms with Gasteiger partial charge in [-0.3, -0.25) is 19.2 Å². The number of nitrogens with two attached hydrogens (primary N) is 1. The Hall–Kier alpha value is -2.69. The van der Waals surface area contributed by atoms with Crippen molar-refractivity contribution in [2.24, 2.45) is 40.2 Å². The van der Waals surface area contributed by atoms with Gasteiger partial charge in [-0.15, -0.1) is 0 Å². The Morgan fingerprint density at radius 2 is 1.52 bits per heavy atom. The molecule has 3 aliphatic carbocycles. The van der Waals surface area contributed by atoms with Crippen molar-refractivity contribution in [2.45, 2.75) is 143 Å². The lowest BCUT2D eigenvalue weighted by molar-refractivity contribution is -0.145. The lowest BCUT2D eigenvalue weighted by Gasteiger charge is -2.41. The van der Waals surface area contributed by atoms with E-state index < -0.39 is 53.0 Å². The van der Waals surface area contributed by atoms with Crippen LogP contribution in [0.1, 0.15) is 114 Å².